The Morgan fingerprint density at radius 3 is 2.25 bits per heavy atom. The molecule has 0 saturated heterocycles. The first-order valence-corrected chi connectivity index (χ1v) is 7.84. The molecular weight excluding hydrogens is 272 g/mol. The molecule has 0 heterocycles. The van der Waals surface area contributed by atoms with Crippen LogP contribution in [-0.2, 0) is 4.79 Å². The minimum Gasteiger partial charge on any atom is -0.352 e. The van der Waals surface area contributed by atoms with Crippen LogP contribution in [0.2, 0.25) is 0 Å². The van der Waals surface area contributed by atoms with Gasteiger partial charge in [0.05, 0.1) is 0 Å². The van der Waals surface area contributed by atoms with Gasteiger partial charge in [0.25, 0.3) is 0 Å². The Morgan fingerprint density at radius 1 is 1.25 bits per heavy atom. The SMILES string of the molecule is CC(CC(=O)NC(CN)C1CCCCC1)C(C)(C)C.Cl. The van der Waals surface area contributed by atoms with E-state index in [0.29, 0.717) is 24.8 Å². The standard InChI is InChI=1S/C16H32N2O.ClH/c1-12(16(2,3)4)10-15(19)18-14(11-17)13-8-6-5-7-9-13;/h12-14H,5-11,17H2,1-4H3,(H,18,19);1H. The van der Waals surface area contributed by atoms with Gasteiger partial charge in [0.1, 0.15) is 0 Å². The molecule has 1 aliphatic rings. The van der Waals surface area contributed by atoms with Crippen molar-refractivity contribution < 1.29 is 4.79 Å². The molecule has 120 valence electrons. The molecule has 2 unspecified atom stereocenters. The molecule has 0 aromatic rings. The molecular formula is C16H33ClN2O. The van der Waals surface area contributed by atoms with Crippen molar-refractivity contribution in [1.82, 2.24) is 5.32 Å². The molecule has 0 radical (unpaired) electrons. The lowest BCUT2D eigenvalue weighted by atomic mass is 9.79. The molecule has 1 saturated carbocycles. The van der Waals surface area contributed by atoms with Crippen LogP contribution in [0.1, 0.15) is 66.2 Å². The smallest absolute Gasteiger partial charge is 0.220 e. The van der Waals surface area contributed by atoms with E-state index in [1.807, 2.05) is 0 Å². The Hall–Kier alpha value is -0.280. The zero-order valence-corrected chi connectivity index (χ0v) is 14.4. The summed E-state index contributed by atoms with van der Waals surface area (Å²) < 4.78 is 0. The lowest BCUT2D eigenvalue weighted by Crippen LogP contribution is -2.46. The summed E-state index contributed by atoms with van der Waals surface area (Å²) in [6.07, 6.45) is 6.95. The fourth-order valence-electron chi connectivity index (χ4n) is 2.76. The Labute approximate surface area is 130 Å². The third-order valence-electron chi connectivity index (χ3n) is 4.79. The zero-order valence-electron chi connectivity index (χ0n) is 13.6. The van der Waals surface area contributed by atoms with Gasteiger partial charge in [-0.05, 0) is 30.1 Å². The minimum absolute atomic E-state index is 0. The molecule has 4 heteroatoms. The molecule has 3 N–H and O–H groups in total. The maximum Gasteiger partial charge on any atom is 0.220 e. The number of hydrogen-bond acceptors (Lipinski definition) is 2. The summed E-state index contributed by atoms with van der Waals surface area (Å²) in [6.45, 7) is 9.28. The average molecular weight is 305 g/mol. The van der Waals surface area contributed by atoms with E-state index in [9.17, 15) is 4.79 Å². The number of rotatable bonds is 5. The molecule has 1 amide bonds. The molecule has 1 rings (SSSR count). The lowest BCUT2D eigenvalue weighted by Gasteiger charge is -2.31. The van der Waals surface area contributed by atoms with Crippen LogP contribution in [0.5, 0.6) is 0 Å². The van der Waals surface area contributed by atoms with Crippen molar-refractivity contribution in [3.63, 3.8) is 0 Å². The minimum atomic E-state index is 0. The van der Waals surface area contributed by atoms with Gasteiger partial charge in [0.15, 0.2) is 0 Å². The Balaban J connectivity index is 0.00000361. The van der Waals surface area contributed by atoms with E-state index < -0.39 is 0 Å². The quantitative estimate of drug-likeness (QED) is 0.816. The Kier molecular flexibility index (Phi) is 8.76. The van der Waals surface area contributed by atoms with Crippen LogP contribution in [0.15, 0.2) is 0 Å². The number of carbonyl (C=O) groups is 1. The van der Waals surface area contributed by atoms with Gasteiger partial charge in [-0.3, -0.25) is 4.79 Å². The fraction of sp³-hybridized carbons (Fsp3) is 0.938. The van der Waals surface area contributed by atoms with Crippen LogP contribution < -0.4 is 11.1 Å². The highest BCUT2D eigenvalue weighted by Gasteiger charge is 2.26. The first-order chi connectivity index (χ1) is 8.84. The Morgan fingerprint density at radius 2 is 1.80 bits per heavy atom. The van der Waals surface area contributed by atoms with Crippen molar-refractivity contribution in [2.24, 2.45) is 23.0 Å². The van der Waals surface area contributed by atoms with E-state index >= 15 is 0 Å². The predicted molar refractivity (Wildman–Crippen MR) is 88.0 cm³/mol. The van der Waals surface area contributed by atoms with Crippen molar-refractivity contribution in [3.8, 4) is 0 Å². The molecule has 3 nitrogen and oxygen atoms in total. The summed E-state index contributed by atoms with van der Waals surface area (Å²) >= 11 is 0. The summed E-state index contributed by atoms with van der Waals surface area (Å²) in [7, 11) is 0. The third kappa shape index (κ3) is 6.45. The monoisotopic (exact) mass is 304 g/mol. The van der Waals surface area contributed by atoms with Crippen molar-refractivity contribution in [2.75, 3.05) is 6.54 Å². The highest BCUT2D eigenvalue weighted by atomic mass is 35.5. The second kappa shape index (κ2) is 8.89. The van der Waals surface area contributed by atoms with Gasteiger partial charge in [0.2, 0.25) is 5.91 Å². The van der Waals surface area contributed by atoms with Gasteiger partial charge >= 0.3 is 0 Å². The first-order valence-electron chi connectivity index (χ1n) is 7.84. The van der Waals surface area contributed by atoms with Crippen molar-refractivity contribution in [2.45, 2.75) is 72.3 Å². The van der Waals surface area contributed by atoms with E-state index in [1.165, 1.54) is 32.1 Å². The summed E-state index contributed by atoms with van der Waals surface area (Å²) in [5.74, 6) is 1.15. The number of amides is 1. The number of carbonyl (C=O) groups excluding carboxylic acids is 1. The molecule has 2 atom stereocenters. The molecule has 0 aromatic heterocycles. The first kappa shape index (κ1) is 19.7. The van der Waals surface area contributed by atoms with Crippen molar-refractivity contribution in [3.05, 3.63) is 0 Å². The molecule has 0 aliphatic heterocycles. The van der Waals surface area contributed by atoms with Gasteiger partial charge in [-0.2, -0.15) is 0 Å². The summed E-state index contributed by atoms with van der Waals surface area (Å²) in [6, 6.07) is 0.181. The average Bonchev–Trinajstić information content (AvgIpc) is 2.35. The lowest BCUT2D eigenvalue weighted by molar-refractivity contribution is -0.123. The zero-order chi connectivity index (χ0) is 14.5. The van der Waals surface area contributed by atoms with E-state index in [1.54, 1.807) is 0 Å². The van der Waals surface area contributed by atoms with Gasteiger partial charge in [-0.1, -0.05) is 47.0 Å². The second-order valence-electron chi connectivity index (χ2n) is 7.28. The van der Waals surface area contributed by atoms with Crippen LogP contribution in [-0.4, -0.2) is 18.5 Å². The normalized spacial score (nSPS) is 19.9. The molecule has 20 heavy (non-hydrogen) atoms. The summed E-state index contributed by atoms with van der Waals surface area (Å²) in [5.41, 5.74) is 6.03. The van der Waals surface area contributed by atoms with E-state index in [4.69, 9.17) is 5.73 Å². The number of nitrogens with two attached hydrogens (primary N) is 1. The van der Waals surface area contributed by atoms with E-state index in [0.717, 1.165) is 0 Å². The molecule has 1 aliphatic carbocycles. The van der Waals surface area contributed by atoms with Gasteiger partial charge in [-0.25, -0.2) is 0 Å². The maximum absolute atomic E-state index is 12.1. The van der Waals surface area contributed by atoms with Crippen molar-refractivity contribution >= 4 is 18.3 Å². The van der Waals surface area contributed by atoms with Gasteiger partial charge in [0, 0.05) is 19.0 Å². The Bertz CT molecular complexity index is 283. The second-order valence-corrected chi connectivity index (χ2v) is 7.28. The highest BCUT2D eigenvalue weighted by molar-refractivity contribution is 5.85. The number of nitrogens with one attached hydrogen (secondary N) is 1. The van der Waals surface area contributed by atoms with E-state index in [-0.39, 0.29) is 29.8 Å². The topological polar surface area (TPSA) is 55.1 Å². The summed E-state index contributed by atoms with van der Waals surface area (Å²) in [5, 5.41) is 3.18. The maximum atomic E-state index is 12.1. The van der Waals surface area contributed by atoms with Crippen LogP contribution in [0, 0.1) is 17.3 Å². The number of halogens is 1. The van der Waals surface area contributed by atoms with Gasteiger partial charge in [-0.15, -0.1) is 12.4 Å². The molecule has 0 aromatic carbocycles. The van der Waals surface area contributed by atoms with Gasteiger partial charge < -0.3 is 11.1 Å². The van der Waals surface area contributed by atoms with E-state index in [2.05, 4.69) is 33.0 Å². The fourth-order valence-corrected chi connectivity index (χ4v) is 2.76. The van der Waals surface area contributed by atoms with Crippen molar-refractivity contribution in [1.29, 1.82) is 0 Å². The predicted octanol–water partition coefficient (Wildman–Crippen LogP) is 3.50. The largest absolute Gasteiger partial charge is 0.352 e. The van der Waals surface area contributed by atoms with Crippen LogP contribution in [0.4, 0.5) is 0 Å². The third-order valence-corrected chi connectivity index (χ3v) is 4.79. The molecule has 1 fully saturated rings. The molecule has 0 bridgehead atoms. The number of hydrogen-bond donors (Lipinski definition) is 2. The highest BCUT2D eigenvalue weighted by Crippen LogP contribution is 2.29. The van der Waals surface area contributed by atoms with Crippen LogP contribution >= 0.6 is 12.4 Å². The summed E-state index contributed by atoms with van der Waals surface area (Å²) in [4.78, 5) is 12.1. The van der Waals surface area contributed by atoms with Crippen LogP contribution in [0.3, 0.4) is 0 Å². The molecule has 0 spiro atoms. The van der Waals surface area contributed by atoms with Crippen LogP contribution in [0.25, 0.3) is 0 Å².